The Kier molecular flexibility index (Phi) is 9.20. The third kappa shape index (κ3) is 6.44. The molecule has 0 saturated carbocycles. The molecule has 0 unspecified atom stereocenters. The van der Waals surface area contributed by atoms with Gasteiger partial charge in [0.1, 0.15) is 0 Å². The van der Waals surface area contributed by atoms with Crippen molar-refractivity contribution < 1.29 is 0 Å². The Balaban J connectivity index is 1.03. The molecule has 12 aromatic rings. The molecule has 0 spiro atoms. The minimum Gasteiger partial charge on any atom is -0.310 e. The van der Waals surface area contributed by atoms with Crippen LogP contribution in [0, 0.1) is 0 Å². The van der Waals surface area contributed by atoms with E-state index in [0.717, 1.165) is 28.3 Å². The topological polar surface area (TPSA) is 8.17 Å². The molecule has 1 aromatic heterocycles. The predicted octanol–water partition coefficient (Wildman–Crippen LogP) is 17.2. The highest BCUT2D eigenvalue weighted by atomic mass is 15.1. The molecule has 0 amide bonds. The van der Waals surface area contributed by atoms with Crippen molar-refractivity contribution in [1.29, 1.82) is 0 Å². The lowest BCUT2D eigenvalue weighted by Gasteiger charge is -2.30. The molecule has 0 saturated heterocycles. The van der Waals surface area contributed by atoms with Crippen molar-refractivity contribution in [2.75, 3.05) is 4.90 Å². The summed E-state index contributed by atoms with van der Waals surface area (Å²) in [6.45, 7) is 0. The Labute approximate surface area is 373 Å². The van der Waals surface area contributed by atoms with Gasteiger partial charge in [0.25, 0.3) is 0 Å². The van der Waals surface area contributed by atoms with Crippen molar-refractivity contribution in [3.63, 3.8) is 0 Å². The van der Waals surface area contributed by atoms with Gasteiger partial charge in [0.2, 0.25) is 0 Å². The number of hydrogen-bond donors (Lipinski definition) is 0. The standard InChI is InChI=1S/C62H42N2/c1-3-16-45(17-4-1)53-22-9-10-25-58(53)62-55(46-18-5-2-6-19-46)26-15-29-61(62)63(51-40-41-54-48(42-51)31-30-47-20-7-8-21-52(47)54)49-36-32-43(33-37-49)44-34-38-50(39-35-44)64-59-27-13-11-23-56(59)57-24-12-14-28-60(57)64/h1-42H. The van der Waals surface area contributed by atoms with E-state index in [0.29, 0.717) is 0 Å². The fraction of sp³-hybridized carbons (Fsp3) is 0. The summed E-state index contributed by atoms with van der Waals surface area (Å²) in [5, 5.41) is 7.48. The Bertz CT molecular complexity index is 3590. The van der Waals surface area contributed by atoms with Crippen LogP contribution in [0.15, 0.2) is 255 Å². The van der Waals surface area contributed by atoms with Gasteiger partial charge < -0.3 is 9.47 Å². The van der Waals surface area contributed by atoms with Crippen LogP contribution in [0.3, 0.4) is 0 Å². The predicted molar refractivity (Wildman–Crippen MR) is 272 cm³/mol. The Morgan fingerprint density at radius 1 is 0.281 bits per heavy atom. The zero-order valence-corrected chi connectivity index (χ0v) is 35.1. The van der Waals surface area contributed by atoms with E-state index in [9.17, 15) is 0 Å². The van der Waals surface area contributed by atoms with Crippen LogP contribution in [0.4, 0.5) is 17.1 Å². The van der Waals surface area contributed by atoms with E-state index in [4.69, 9.17) is 0 Å². The molecular weight excluding hydrogens is 773 g/mol. The molecule has 64 heavy (non-hydrogen) atoms. The lowest BCUT2D eigenvalue weighted by Crippen LogP contribution is -2.12. The van der Waals surface area contributed by atoms with Crippen molar-refractivity contribution in [2.45, 2.75) is 0 Å². The minimum atomic E-state index is 1.08. The van der Waals surface area contributed by atoms with Gasteiger partial charge in [0, 0.05) is 33.4 Å². The normalized spacial score (nSPS) is 11.4. The highest BCUT2D eigenvalue weighted by molar-refractivity contribution is 6.10. The summed E-state index contributed by atoms with van der Waals surface area (Å²) >= 11 is 0. The molecule has 0 radical (unpaired) electrons. The highest BCUT2D eigenvalue weighted by Crippen LogP contribution is 2.48. The van der Waals surface area contributed by atoms with Crippen LogP contribution in [0.5, 0.6) is 0 Å². The average molecular weight is 815 g/mol. The second-order valence-electron chi connectivity index (χ2n) is 16.5. The molecule has 0 atom stereocenters. The monoisotopic (exact) mass is 814 g/mol. The van der Waals surface area contributed by atoms with Crippen LogP contribution in [-0.4, -0.2) is 4.57 Å². The summed E-state index contributed by atoms with van der Waals surface area (Å²) in [6, 6.07) is 92.8. The zero-order chi connectivity index (χ0) is 42.4. The Hall–Kier alpha value is -8.46. The fourth-order valence-corrected chi connectivity index (χ4v) is 9.81. The van der Waals surface area contributed by atoms with Crippen LogP contribution in [0.2, 0.25) is 0 Å². The maximum Gasteiger partial charge on any atom is 0.0546 e. The number of hydrogen-bond acceptors (Lipinski definition) is 1. The highest BCUT2D eigenvalue weighted by Gasteiger charge is 2.23. The molecule has 300 valence electrons. The maximum absolute atomic E-state index is 2.45. The summed E-state index contributed by atoms with van der Waals surface area (Å²) < 4.78 is 2.37. The first kappa shape index (κ1) is 37.3. The van der Waals surface area contributed by atoms with Crippen molar-refractivity contribution in [3.8, 4) is 50.2 Å². The van der Waals surface area contributed by atoms with Gasteiger partial charge in [0.15, 0.2) is 0 Å². The van der Waals surface area contributed by atoms with Gasteiger partial charge in [-0.05, 0) is 115 Å². The van der Waals surface area contributed by atoms with Gasteiger partial charge in [-0.25, -0.2) is 0 Å². The van der Waals surface area contributed by atoms with E-state index in [2.05, 4.69) is 264 Å². The molecular formula is C62H42N2. The molecule has 2 heteroatoms. The van der Waals surface area contributed by atoms with Crippen LogP contribution in [-0.2, 0) is 0 Å². The molecule has 1 heterocycles. The van der Waals surface area contributed by atoms with Gasteiger partial charge in [-0.2, -0.15) is 0 Å². The summed E-state index contributed by atoms with van der Waals surface area (Å²) in [5.74, 6) is 0. The quantitative estimate of drug-likeness (QED) is 0.139. The Morgan fingerprint density at radius 2 is 0.781 bits per heavy atom. The number of para-hydroxylation sites is 2. The number of benzene rings is 11. The second kappa shape index (κ2) is 15.8. The lowest BCUT2D eigenvalue weighted by molar-refractivity contribution is 1.18. The van der Waals surface area contributed by atoms with E-state index in [1.165, 1.54) is 82.3 Å². The average Bonchev–Trinajstić information content (AvgIpc) is 3.71. The number of anilines is 3. The third-order valence-corrected chi connectivity index (χ3v) is 12.8. The molecule has 0 aliphatic carbocycles. The van der Waals surface area contributed by atoms with Crippen LogP contribution in [0.1, 0.15) is 0 Å². The van der Waals surface area contributed by atoms with Crippen LogP contribution < -0.4 is 4.90 Å². The minimum absolute atomic E-state index is 1.08. The second-order valence-corrected chi connectivity index (χ2v) is 16.5. The van der Waals surface area contributed by atoms with Crippen molar-refractivity contribution in [3.05, 3.63) is 255 Å². The van der Waals surface area contributed by atoms with Crippen LogP contribution >= 0.6 is 0 Å². The van der Waals surface area contributed by atoms with Gasteiger partial charge in [-0.15, -0.1) is 0 Å². The van der Waals surface area contributed by atoms with Gasteiger partial charge >= 0.3 is 0 Å². The third-order valence-electron chi connectivity index (χ3n) is 12.8. The maximum atomic E-state index is 2.45. The van der Waals surface area contributed by atoms with E-state index < -0.39 is 0 Å². The Morgan fingerprint density at radius 3 is 1.47 bits per heavy atom. The van der Waals surface area contributed by atoms with Crippen molar-refractivity contribution in [1.82, 2.24) is 4.57 Å². The molecule has 11 aromatic carbocycles. The molecule has 12 rings (SSSR count). The largest absolute Gasteiger partial charge is 0.310 e. The zero-order valence-electron chi connectivity index (χ0n) is 35.1. The fourth-order valence-electron chi connectivity index (χ4n) is 9.81. The molecule has 0 aliphatic rings. The molecule has 2 nitrogen and oxygen atoms in total. The van der Waals surface area contributed by atoms with E-state index in [1.54, 1.807) is 0 Å². The summed E-state index contributed by atoms with van der Waals surface area (Å²) in [4.78, 5) is 2.45. The van der Waals surface area contributed by atoms with Crippen molar-refractivity contribution in [2.24, 2.45) is 0 Å². The number of aromatic nitrogens is 1. The smallest absolute Gasteiger partial charge is 0.0546 e. The first-order valence-electron chi connectivity index (χ1n) is 22.0. The van der Waals surface area contributed by atoms with Crippen LogP contribution in [0.25, 0.3) is 93.5 Å². The molecule has 0 fully saturated rings. The van der Waals surface area contributed by atoms with E-state index >= 15 is 0 Å². The van der Waals surface area contributed by atoms with E-state index in [-0.39, 0.29) is 0 Å². The molecule has 0 aliphatic heterocycles. The molecule has 0 bridgehead atoms. The number of fused-ring (bicyclic) bond motifs is 6. The molecule has 0 N–H and O–H groups in total. The number of rotatable bonds is 8. The van der Waals surface area contributed by atoms with Gasteiger partial charge in [-0.1, -0.05) is 200 Å². The first-order chi connectivity index (χ1) is 31.8. The van der Waals surface area contributed by atoms with Gasteiger partial charge in [-0.3, -0.25) is 0 Å². The lowest BCUT2D eigenvalue weighted by atomic mass is 9.87. The first-order valence-corrected chi connectivity index (χ1v) is 22.0. The van der Waals surface area contributed by atoms with E-state index in [1.807, 2.05) is 0 Å². The summed E-state index contributed by atoms with van der Waals surface area (Å²) in [7, 11) is 0. The SMILES string of the molecule is c1ccc(-c2ccccc2-c2c(-c3ccccc3)cccc2N(c2ccc(-c3ccc(-n4c5ccccc5c5ccccc54)cc3)cc2)c2ccc3c(ccc4ccccc43)c2)cc1. The summed E-state index contributed by atoms with van der Waals surface area (Å²) in [6.07, 6.45) is 0. The summed E-state index contributed by atoms with van der Waals surface area (Å²) in [5.41, 5.74) is 16.3. The van der Waals surface area contributed by atoms with Crippen molar-refractivity contribution >= 4 is 60.4 Å². The number of nitrogens with zero attached hydrogens (tertiary/aromatic N) is 2. The van der Waals surface area contributed by atoms with Gasteiger partial charge in [0.05, 0.1) is 16.7 Å².